The maximum Gasteiger partial charge on any atom is 0.303 e. The summed E-state index contributed by atoms with van der Waals surface area (Å²) >= 11 is 0. The molecule has 0 saturated heterocycles. The van der Waals surface area contributed by atoms with Crippen molar-refractivity contribution in [1.82, 2.24) is 0 Å². The maximum atomic E-state index is 11.6. The average Bonchev–Trinajstić information content (AvgIpc) is 3.10. The highest BCUT2D eigenvalue weighted by Crippen LogP contribution is 2.57. The fourth-order valence-electron chi connectivity index (χ4n) is 6.69. The van der Waals surface area contributed by atoms with Crippen molar-refractivity contribution in [1.29, 1.82) is 0 Å². The van der Waals surface area contributed by atoms with Crippen LogP contribution in [0.1, 0.15) is 99.3 Å². The van der Waals surface area contributed by atoms with E-state index in [-0.39, 0.29) is 23.5 Å². The minimum atomic E-state index is -0.601. The third kappa shape index (κ3) is 7.00. The van der Waals surface area contributed by atoms with Gasteiger partial charge in [-0.3, -0.25) is 9.59 Å². The molecule has 0 amide bonds. The van der Waals surface area contributed by atoms with Crippen molar-refractivity contribution in [3.8, 4) is 0 Å². The molecule has 3 aliphatic carbocycles. The summed E-state index contributed by atoms with van der Waals surface area (Å²) in [6.07, 6.45) is 14.6. The Morgan fingerprint density at radius 3 is 2.58 bits per heavy atom. The summed E-state index contributed by atoms with van der Waals surface area (Å²) in [5.74, 6) is 0.343. The van der Waals surface area contributed by atoms with E-state index < -0.39 is 11.7 Å². The van der Waals surface area contributed by atoms with Gasteiger partial charge < -0.3 is 14.6 Å². The number of aliphatic hydroxyl groups is 1. The van der Waals surface area contributed by atoms with Gasteiger partial charge >= 0.3 is 11.9 Å². The van der Waals surface area contributed by atoms with Crippen LogP contribution in [0, 0.1) is 17.3 Å². The fourth-order valence-corrected chi connectivity index (χ4v) is 6.69. The number of fused-ring (bicyclic) bond motifs is 1. The van der Waals surface area contributed by atoms with E-state index in [1.54, 1.807) is 5.57 Å². The van der Waals surface area contributed by atoms with Crippen LogP contribution in [0.3, 0.4) is 0 Å². The Kier molecular flexibility index (Phi) is 9.08. The van der Waals surface area contributed by atoms with E-state index in [4.69, 9.17) is 9.47 Å². The SMILES string of the molecule is C=C1/C(=C\C=C2/CCC[C@]3(C)C([C@H](C)CCCC(C)(C)O)=CC[C@@H]23)C[C@@H](OC(C)=O)C[C@@H]1OC(C)=O. The van der Waals surface area contributed by atoms with Gasteiger partial charge in [-0.05, 0) is 80.8 Å². The minimum Gasteiger partial charge on any atom is -0.462 e. The first kappa shape index (κ1) is 28.4. The van der Waals surface area contributed by atoms with Gasteiger partial charge in [-0.25, -0.2) is 0 Å². The van der Waals surface area contributed by atoms with E-state index in [1.807, 2.05) is 13.8 Å². The summed E-state index contributed by atoms with van der Waals surface area (Å²) in [7, 11) is 0. The fraction of sp³-hybridized carbons (Fsp3) is 0.677. The van der Waals surface area contributed by atoms with Crippen LogP contribution in [0.4, 0.5) is 0 Å². The molecule has 5 nitrogen and oxygen atoms in total. The predicted molar refractivity (Wildman–Crippen MR) is 143 cm³/mol. The number of carbonyl (C=O) groups excluding carboxylic acids is 2. The number of hydrogen-bond acceptors (Lipinski definition) is 5. The summed E-state index contributed by atoms with van der Waals surface area (Å²) in [6.45, 7) is 15.6. The lowest BCUT2D eigenvalue weighted by Crippen LogP contribution is -2.33. The largest absolute Gasteiger partial charge is 0.462 e. The van der Waals surface area contributed by atoms with Crippen LogP contribution in [0.25, 0.3) is 0 Å². The van der Waals surface area contributed by atoms with Crippen LogP contribution in [0.15, 0.2) is 47.1 Å². The Labute approximate surface area is 217 Å². The van der Waals surface area contributed by atoms with Gasteiger partial charge in [-0.15, -0.1) is 0 Å². The van der Waals surface area contributed by atoms with Crippen molar-refractivity contribution in [3.05, 3.63) is 47.1 Å². The van der Waals surface area contributed by atoms with Gasteiger partial charge in [0.1, 0.15) is 12.2 Å². The van der Waals surface area contributed by atoms with Crippen molar-refractivity contribution in [2.24, 2.45) is 17.3 Å². The summed E-state index contributed by atoms with van der Waals surface area (Å²) < 4.78 is 11.0. The van der Waals surface area contributed by atoms with Gasteiger partial charge in [-0.2, -0.15) is 0 Å². The summed E-state index contributed by atoms with van der Waals surface area (Å²) in [4.78, 5) is 23.2. The molecule has 3 aliphatic rings. The highest BCUT2D eigenvalue weighted by molar-refractivity contribution is 5.67. The zero-order valence-electron chi connectivity index (χ0n) is 23.2. The molecular weight excluding hydrogens is 452 g/mol. The topological polar surface area (TPSA) is 72.8 Å². The molecule has 200 valence electrons. The monoisotopic (exact) mass is 498 g/mol. The first-order valence-electron chi connectivity index (χ1n) is 13.7. The summed E-state index contributed by atoms with van der Waals surface area (Å²) in [6, 6.07) is 0. The molecule has 2 saturated carbocycles. The number of rotatable bonds is 8. The molecule has 0 aromatic carbocycles. The van der Waals surface area contributed by atoms with E-state index in [1.165, 1.54) is 32.3 Å². The predicted octanol–water partition coefficient (Wildman–Crippen LogP) is 6.77. The van der Waals surface area contributed by atoms with Crippen molar-refractivity contribution >= 4 is 11.9 Å². The molecule has 0 aromatic heterocycles. The van der Waals surface area contributed by atoms with Crippen LogP contribution >= 0.6 is 0 Å². The number of hydrogen-bond donors (Lipinski definition) is 1. The molecule has 0 heterocycles. The molecule has 0 radical (unpaired) electrons. The molecule has 1 N–H and O–H groups in total. The number of allylic oxidation sites excluding steroid dienone is 5. The number of esters is 2. The third-order valence-corrected chi connectivity index (χ3v) is 8.43. The molecule has 3 rings (SSSR count). The smallest absolute Gasteiger partial charge is 0.303 e. The van der Waals surface area contributed by atoms with Crippen LogP contribution in [0.5, 0.6) is 0 Å². The Morgan fingerprint density at radius 2 is 1.94 bits per heavy atom. The zero-order chi connectivity index (χ0) is 26.7. The second-order valence-electron chi connectivity index (χ2n) is 12.1. The molecule has 36 heavy (non-hydrogen) atoms. The van der Waals surface area contributed by atoms with Crippen molar-refractivity contribution in [2.45, 2.75) is 117 Å². The number of ether oxygens (including phenoxy) is 2. The third-order valence-electron chi connectivity index (χ3n) is 8.43. The van der Waals surface area contributed by atoms with Crippen LogP contribution in [-0.2, 0) is 19.1 Å². The van der Waals surface area contributed by atoms with Gasteiger partial charge in [0.15, 0.2) is 0 Å². The Balaban J connectivity index is 1.76. The first-order valence-corrected chi connectivity index (χ1v) is 13.7. The van der Waals surface area contributed by atoms with Crippen molar-refractivity contribution in [3.63, 3.8) is 0 Å². The number of carbonyl (C=O) groups is 2. The highest BCUT2D eigenvalue weighted by atomic mass is 16.6. The molecule has 0 spiro atoms. The standard InChI is InChI=1S/C31H46O5/c1-20(10-8-16-30(5,6)34)27-14-15-28-24(11-9-17-31(27,28)7)12-13-25-18-26(35-22(3)32)19-29(21(25)2)36-23(4)33/h12-14,20,26,28-29,34H,2,8-11,15-19H2,1,3-7H3/b24-12+,25-13-/t20-,26-,28+,29+,31-/m1/s1. The van der Waals surface area contributed by atoms with Crippen LogP contribution in [0.2, 0.25) is 0 Å². The molecule has 5 heteroatoms. The lowest BCUT2D eigenvalue weighted by Gasteiger charge is -2.42. The van der Waals surface area contributed by atoms with E-state index in [0.29, 0.717) is 24.7 Å². The highest BCUT2D eigenvalue weighted by Gasteiger charge is 2.46. The zero-order valence-corrected chi connectivity index (χ0v) is 23.2. The quantitative estimate of drug-likeness (QED) is 0.295. The van der Waals surface area contributed by atoms with Gasteiger partial charge in [0.2, 0.25) is 0 Å². The van der Waals surface area contributed by atoms with Gasteiger partial charge in [0, 0.05) is 26.7 Å². The Bertz CT molecular complexity index is 947. The Hall–Kier alpha value is -2.14. The van der Waals surface area contributed by atoms with Gasteiger partial charge in [0.25, 0.3) is 0 Å². The van der Waals surface area contributed by atoms with Crippen molar-refractivity contribution in [2.75, 3.05) is 0 Å². The van der Waals surface area contributed by atoms with Gasteiger partial charge in [-0.1, -0.05) is 56.2 Å². The van der Waals surface area contributed by atoms with E-state index in [0.717, 1.165) is 43.3 Å². The Morgan fingerprint density at radius 1 is 1.25 bits per heavy atom. The van der Waals surface area contributed by atoms with Gasteiger partial charge in [0.05, 0.1) is 5.60 Å². The normalized spacial score (nSPS) is 31.7. The lowest BCUT2D eigenvalue weighted by atomic mass is 9.62. The minimum absolute atomic E-state index is 0.181. The average molecular weight is 499 g/mol. The van der Waals surface area contributed by atoms with Crippen molar-refractivity contribution < 1.29 is 24.2 Å². The van der Waals surface area contributed by atoms with E-state index >= 15 is 0 Å². The lowest BCUT2D eigenvalue weighted by molar-refractivity contribution is -0.152. The summed E-state index contributed by atoms with van der Waals surface area (Å²) in [5, 5.41) is 10.1. The second kappa shape index (κ2) is 11.5. The first-order chi connectivity index (χ1) is 16.8. The molecular formula is C31H46O5. The maximum absolute atomic E-state index is 11.6. The molecule has 0 bridgehead atoms. The summed E-state index contributed by atoms with van der Waals surface area (Å²) in [5.41, 5.74) is 4.43. The van der Waals surface area contributed by atoms with Crippen LogP contribution in [-0.4, -0.2) is 34.9 Å². The van der Waals surface area contributed by atoms with E-state index in [9.17, 15) is 14.7 Å². The molecule has 0 aliphatic heterocycles. The molecule has 5 atom stereocenters. The molecule has 0 unspecified atom stereocenters. The molecule has 0 aromatic rings. The second-order valence-corrected chi connectivity index (χ2v) is 12.1. The molecule has 2 fully saturated rings. The van der Waals surface area contributed by atoms with E-state index in [2.05, 4.69) is 38.7 Å². The van der Waals surface area contributed by atoms with Crippen LogP contribution < -0.4 is 0 Å².